The predicted molar refractivity (Wildman–Crippen MR) is 184 cm³/mol. The van der Waals surface area contributed by atoms with Gasteiger partial charge in [-0.1, -0.05) is 164 Å². The summed E-state index contributed by atoms with van der Waals surface area (Å²) in [6.45, 7) is 0. The van der Waals surface area contributed by atoms with Crippen LogP contribution < -0.4 is 0 Å². The van der Waals surface area contributed by atoms with E-state index in [1.165, 1.54) is 5.56 Å². The molecule has 1 aliphatic carbocycles. The van der Waals surface area contributed by atoms with E-state index in [4.69, 9.17) is 18.8 Å². The molecule has 2 fully saturated rings. The Morgan fingerprint density at radius 2 is 0.891 bits per heavy atom. The summed E-state index contributed by atoms with van der Waals surface area (Å²) in [6, 6.07) is 51.9. The van der Waals surface area contributed by atoms with Crippen molar-refractivity contribution < 1.29 is 18.8 Å². The third-order valence-corrected chi connectivity index (χ3v) is 9.67. The molecule has 0 aromatic heterocycles. The molecule has 0 amide bonds. The number of allylic oxidation sites excluding steroid dienone is 1. The topological polar surface area (TPSA) is 36.9 Å². The first-order valence-electron chi connectivity index (χ1n) is 16.1. The lowest BCUT2D eigenvalue weighted by molar-refractivity contribution is -0.136. The van der Waals surface area contributed by atoms with Gasteiger partial charge in [0.15, 0.2) is 0 Å². The van der Waals surface area contributed by atoms with Crippen LogP contribution in [0.3, 0.4) is 0 Å². The van der Waals surface area contributed by atoms with Crippen molar-refractivity contribution in [2.75, 3.05) is 14.2 Å². The minimum atomic E-state index is -1.00. The van der Waals surface area contributed by atoms with Gasteiger partial charge in [-0.05, 0) is 40.2 Å². The minimum absolute atomic E-state index is 0.203. The van der Waals surface area contributed by atoms with Crippen LogP contribution in [0, 0.1) is 5.92 Å². The van der Waals surface area contributed by atoms with Crippen molar-refractivity contribution in [3.8, 4) is 0 Å². The molecule has 0 unspecified atom stereocenters. The van der Waals surface area contributed by atoms with Crippen LogP contribution in [0.25, 0.3) is 6.08 Å². The van der Waals surface area contributed by atoms with Gasteiger partial charge in [-0.15, -0.1) is 0 Å². The zero-order valence-electron chi connectivity index (χ0n) is 26.3. The van der Waals surface area contributed by atoms with E-state index in [1.54, 1.807) is 14.2 Å². The number of ether oxygens (including phenoxy) is 2. The highest BCUT2D eigenvalue weighted by Gasteiger charge is 2.65. The van der Waals surface area contributed by atoms with E-state index in [2.05, 4.69) is 133 Å². The van der Waals surface area contributed by atoms with Gasteiger partial charge in [0, 0.05) is 20.0 Å². The highest BCUT2D eigenvalue weighted by Crippen LogP contribution is 2.56. The van der Waals surface area contributed by atoms with Crippen LogP contribution in [0.5, 0.6) is 0 Å². The number of methoxy groups -OCH3 is 2. The van der Waals surface area contributed by atoms with Gasteiger partial charge >= 0.3 is 7.12 Å². The second kappa shape index (κ2) is 13.2. The molecule has 5 aromatic rings. The van der Waals surface area contributed by atoms with E-state index >= 15 is 0 Å². The number of rotatable bonds is 11. The highest BCUT2D eigenvalue weighted by molar-refractivity contribution is 6.48. The molecular weight excluding hydrogens is 567 g/mol. The smallest absolute Gasteiger partial charge is 0.402 e. The Morgan fingerprint density at radius 1 is 0.543 bits per heavy atom. The zero-order chi connectivity index (χ0) is 31.4. The van der Waals surface area contributed by atoms with Gasteiger partial charge in [-0.3, -0.25) is 0 Å². The van der Waals surface area contributed by atoms with Crippen molar-refractivity contribution in [2.45, 2.75) is 35.6 Å². The van der Waals surface area contributed by atoms with Gasteiger partial charge < -0.3 is 18.8 Å². The van der Waals surface area contributed by atoms with Gasteiger partial charge in [-0.2, -0.15) is 0 Å². The van der Waals surface area contributed by atoms with E-state index in [0.29, 0.717) is 5.92 Å². The Balaban J connectivity index is 1.38. The van der Waals surface area contributed by atoms with E-state index in [1.807, 2.05) is 30.3 Å². The third-order valence-electron chi connectivity index (χ3n) is 9.67. The Labute approximate surface area is 272 Å². The molecular formula is C41H39BO4. The monoisotopic (exact) mass is 606 g/mol. The fourth-order valence-electron chi connectivity index (χ4n) is 7.29. The van der Waals surface area contributed by atoms with Crippen LogP contribution in [-0.4, -0.2) is 33.5 Å². The highest BCUT2D eigenvalue weighted by atomic mass is 16.7. The summed E-state index contributed by atoms with van der Waals surface area (Å²) in [5.41, 5.74) is 3.15. The summed E-state index contributed by atoms with van der Waals surface area (Å²) in [7, 11) is 3.09. The van der Waals surface area contributed by atoms with Crippen LogP contribution in [0.4, 0.5) is 0 Å². The fourth-order valence-corrected chi connectivity index (χ4v) is 7.29. The molecule has 4 atom stereocenters. The Hall–Kier alpha value is -4.26. The molecule has 0 spiro atoms. The van der Waals surface area contributed by atoms with Crippen molar-refractivity contribution in [3.05, 3.63) is 186 Å². The molecule has 5 aromatic carbocycles. The second-order valence-electron chi connectivity index (χ2n) is 12.2. The molecule has 0 radical (unpaired) electrons. The Bertz CT molecular complexity index is 1540. The molecule has 1 heterocycles. The maximum absolute atomic E-state index is 7.24. The first kappa shape index (κ1) is 30.4. The molecule has 0 N–H and O–H groups in total. The zero-order valence-corrected chi connectivity index (χ0v) is 26.3. The molecule has 1 saturated heterocycles. The maximum Gasteiger partial charge on any atom is 0.461 e. The van der Waals surface area contributed by atoms with E-state index < -0.39 is 30.5 Å². The molecule has 46 heavy (non-hydrogen) atoms. The minimum Gasteiger partial charge on any atom is -0.402 e. The molecule has 1 aliphatic heterocycles. The number of hydrogen-bond donors (Lipinski definition) is 0. The SMILES string of the molecule is COC(c1ccccc1)(c1ccccc1)[C@@H]1OB([C@@H]2C[C@H]2/C=C/c2ccccc2)O[C@H]1C(OC)(c1ccccc1)c1ccccc1. The average Bonchev–Trinajstić information content (AvgIpc) is 3.79. The molecule has 7 rings (SSSR count). The van der Waals surface area contributed by atoms with Gasteiger partial charge in [0.1, 0.15) is 23.4 Å². The van der Waals surface area contributed by atoms with E-state index in [0.717, 1.165) is 28.7 Å². The molecule has 0 bridgehead atoms. The summed E-state index contributed by atoms with van der Waals surface area (Å²) >= 11 is 0. The van der Waals surface area contributed by atoms with Crippen LogP contribution >= 0.6 is 0 Å². The molecule has 1 saturated carbocycles. The quantitative estimate of drug-likeness (QED) is 0.141. The maximum atomic E-state index is 7.24. The summed E-state index contributed by atoms with van der Waals surface area (Å²) in [6.07, 6.45) is 4.33. The lowest BCUT2D eigenvalue weighted by Crippen LogP contribution is -2.56. The van der Waals surface area contributed by atoms with Crippen molar-refractivity contribution in [1.29, 1.82) is 0 Å². The predicted octanol–water partition coefficient (Wildman–Crippen LogP) is 8.54. The third kappa shape index (κ3) is 5.44. The van der Waals surface area contributed by atoms with E-state index in [-0.39, 0.29) is 5.82 Å². The van der Waals surface area contributed by atoms with Gasteiger partial charge in [0.05, 0.1) is 0 Å². The summed E-state index contributed by atoms with van der Waals surface area (Å²) < 4.78 is 28.0. The van der Waals surface area contributed by atoms with Gasteiger partial charge in [-0.25, -0.2) is 0 Å². The summed E-state index contributed by atoms with van der Waals surface area (Å²) in [5, 5.41) is 0. The first-order valence-corrected chi connectivity index (χ1v) is 16.1. The summed E-state index contributed by atoms with van der Waals surface area (Å²) in [4.78, 5) is 0. The average molecular weight is 607 g/mol. The van der Waals surface area contributed by atoms with Crippen molar-refractivity contribution in [2.24, 2.45) is 5.92 Å². The molecule has 4 nitrogen and oxygen atoms in total. The van der Waals surface area contributed by atoms with Crippen molar-refractivity contribution >= 4 is 13.2 Å². The van der Waals surface area contributed by atoms with Crippen LogP contribution in [0.1, 0.15) is 34.2 Å². The van der Waals surface area contributed by atoms with Crippen molar-refractivity contribution in [3.63, 3.8) is 0 Å². The normalized spacial score (nSPS) is 21.5. The van der Waals surface area contributed by atoms with Crippen LogP contribution in [-0.2, 0) is 30.0 Å². The number of benzene rings is 5. The van der Waals surface area contributed by atoms with Gasteiger partial charge in [0.2, 0.25) is 0 Å². The second-order valence-corrected chi connectivity index (χ2v) is 12.2. The van der Waals surface area contributed by atoms with Crippen LogP contribution in [0.2, 0.25) is 5.82 Å². The first-order chi connectivity index (χ1) is 22.7. The van der Waals surface area contributed by atoms with Crippen LogP contribution in [0.15, 0.2) is 158 Å². The standard InChI is InChI=1S/C41H39BO4/c1-43-40(33-20-10-4-11-21-33,34-22-12-5-13-23-34)38-39(41(44-2,35-24-14-6-15-25-35)36-26-16-7-17-27-36)46-42(45-38)37-30-32(37)29-28-31-18-8-3-9-19-31/h3-29,32,37-39H,30H2,1-2H3/b29-28+/t32-,37-,38-,39-/m1/s1. The summed E-state index contributed by atoms with van der Waals surface area (Å²) in [5.74, 6) is 0.551. The largest absolute Gasteiger partial charge is 0.461 e. The van der Waals surface area contributed by atoms with E-state index in [9.17, 15) is 0 Å². The van der Waals surface area contributed by atoms with Crippen molar-refractivity contribution in [1.82, 2.24) is 0 Å². The molecule has 230 valence electrons. The molecule has 2 aliphatic rings. The Morgan fingerprint density at radius 3 is 1.24 bits per heavy atom. The lowest BCUT2D eigenvalue weighted by Gasteiger charge is -2.47. The fraction of sp³-hybridized carbons (Fsp3) is 0.220. The number of hydrogen-bond acceptors (Lipinski definition) is 4. The Kier molecular flexibility index (Phi) is 8.74. The van der Waals surface area contributed by atoms with Gasteiger partial charge in [0.25, 0.3) is 0 Å². The lowest BCUT2D eigenvalue weighted by atomic mass is 9.71. The molecule has 5 heteroatoms.